The van der Waals surface area contributed by atoms with Gasteiger partial charge in [-0.3, -0.25) is 4.79 Å². The largest absolute Gasteiger partial charge is 0.381 e. The lowest BCUT2D eigenvalue weighted by Gasteiger charge is -2.25. The van der Waals surface area contributed by atoms with Crippen LogP contribution in [0, 0.1) is 5.41 Å². The summed E-state index contributed by atoms with van der Waals surface area (Å²) < 4.78 is 5.58. The maximum Gasteiger partial charge on any atom is 0.243 e. The van der Waals surface area contributed by atoms with Crippen LogP contribution >= 0.6 is 24.0 Å². The summed E-state index contributed by atoms with van der Waals surface area (Å²) >= 11 is 0. The van der Waals surface area contributed by atoms with E-state index in [1.165, 1.54) is 0 Å². The number of hydrogen-bond donors (Lipinski definition) is 1. The van der Waals surface area contributed by atoms with Gasteiger partial charge in [-0.25, -0.2) is 4.99 Å². The number of ether oxygens (including phenoxy) is 1. The summed E-state index contributed by atoms with van der Waals surface area (Å²) in [5, 5.41) is 3.33. The second-order valence-electron chi connectivity index (χ2n) is 6.71. The zero-order chi connectivity index (χ0) is 16.2. The Labute approximate surface area is 156 Å². The maximum absolute atomic E-state index is 11.8. The Bertz CT molecular complexity index is 459. The first-order valence-corrected chi connectivity index (χ1v) is 7.87. The minimum atomic E-state index is 0. The number of guanidine groups is 1. The van der Waals surface area contributed by atoms with E-state index in [-0.39, 0.29) is 41.8 Å². The zero-order valence-corrected chi connectivity index (χ0v) is 16.8. The zero-order valence-electron chi connectivity index (χ0n) is 14.4. The molecule has 1 spiro atoms. The van der Waals surface area contributed by atoms with E-state index in [0.717, 1.165) is 50.7 Å². The van der Waals surface area contributed by atoms with Crippen molar-refractivity contribution in [3.05, 3.63) is 12.2 Å². The van der Waals surface area contributed by atoms with Crippen molar-refractivity contribution in [3.63, 3.8) is 0 Å². The molecule has 0 saturated carbocycles. The van der Waals surface area contributed by atoms with Gasteiger partial charge in [0, 0.05) is 45.8 Å². The molecule has 0 bridgehead atoms. The third kappa shape index (κ3) is 5.63. The molecule has 2 saturated heterocycles. The smallest absolute Gasteiger partial charge is 0.243 e. The first-order chi connectivity index (χ1) is 10.4. The summed E-state index contributed by atoms with van der Waals surface area (Å²) in [6.45, 7) is 10.4. The van der Waals surface area contributed by atoms with E-state index < -0.39 is 0 Å². The minimum Gasteiger partial charge on any atom is -0.381 e. The van der Waals surface area contributed by atoms with E-state index in [2.05, 4.69) is 21.8 Å². The standard InChI is InChI=1S/C16H28N4O2.HI/c1-13(2)9-17-15(18-10-14(21)19(3)4)20-7-5-16(11-20)6-8-22-12-16;/h1,5-12H2,2-4H3,(H,17,18);1H. The van der Waals surface area contributed by atoms with Gasteiger partial charge < -0.3 is 19.9 Å². The van der Waals surface area contributed by atoms with Crippen LogP contribution in [0.1, 0.15) is 19.8 Å². The molecule has 2 aliphatic rings. The number of aliphatic imine (C=N–C) groups is 1. The first-order valence-electron chi connectivity index (χ1n) is 7.87. The van der Waals surface area contributed by atoms with Crippen LogP contribution in [0.5, 0.6) is 0 Å². The van der Waals surface area contributed by atoms with Crippen LogP contribution in [0.3, 0.4) is 0 Å². The number of nitrogens with zero attached hydrogens (tertiary/aromatic N) is 3. The molecule has 1 N–H and O–H groups in total. The molecule has 2 rings (SSSR count). The van der Waals surface area contributed by atoms with Crippen LogP contribution in [0.15, 0.2) is 17.1 Å². The van der Waals surface area contributed by atoms with E-state index >= 15 is 0 Å². The summed E-state index contributed by atoms with van der Waals surface area (Å²) in [5.41, 5.74) is 1.32. The highest BCUT2D eigenvalue weighted by atomic mass is 127. The van der Waals surface area contributed by atoms with E-state index in [1.807, 2.05) is 6.92 Å². The maximum atomic E-state index is 11.8. The SMILES string of the molecule is C=C(C)CNC(=NCC(=O)N(C)C)N1CCC2(CCOC2)C1.I. The van der Waals surface area contributed by atoms with Gasteiger partial charge >= 0.3 is 0 Å². The predicted molar refractivity (Wildman–Crippen MR) is 103 cm³/mol. The number of carbonyl (C=O) groups is 1. The Morgan fingerprint density at radius 1 is 1.43 bits per heavy atom. The number of halogens is 1. The number of hydrogen-bond acceptors (Lipinski definition) is 3. The molecule has 1 amide bonds. The Morgan fingerprint density at radius 2 is 2.17 bits per heavy atom. The Morgan fingerprint density at radius 3 is 2.74 bits per heavy atom. The van der Waals surface area contributed by atoms with Crippen LogP contribution in [0.25, 0.3) is 0 Å². The van der Waals surface area contributed by atoms with Gasteiger partial charge in [0.2, 0.25) is 5.91 Å². The van der Waals surface area contributed by atoms with Crippen LogP contribution in [0.4, 0.5) is 0 Å². The molecule has 0 aromatic carbocycles. The molecular formula is C16H29IN4O2. The van der Waals surface area contributed by atoms with Crippen LogP contribution in [-0.2, 0) is 9.53 Å². The summed E-state index contributed by atoms with van der Waals surface area (Å²) in [7, 11) is 3.50. The lowest BCUT2D eigenvalue weighted by atomic mass is 9.87. The topological polar surface area (TPSA) is 57.2 Å². The molecule has 0 aliphatic carbocycles. The summed E-state index contributed by atoms with van der Waals surface area (Å²) in [6, 6.07) is 0. The first kappa shape index (κ1) is 20.2. The van der Waals surface area contributed by atoms with Crippen molar-refractivity contribution in [2.45, 2.75) is 19.8 Å². The average Bonchev–Trinajstić information content (AvgIpc) is 3.09. The monoisotopic (exact) mass is 436 g/mol. The fraction of sp³-hybridized carbons (Fsp3) is 0.750. The summed E-state index contributed by atoms with van der Waals surface area (Å²) in [6.07, 6.45) is 2.25. The fourth-order valence-electron chi connectivity index (χ4n) is 2.87. The Hall–Kier alpha value is -0.830. The molecule has 2 aliphatic heterocycles. The number of amides is 1. The quantitative estimate of drug-likeness (QED) is 0.313. The van der Waals surface area contributed by atoms with Gasteiger partial charge in [-0.15, -0.1) is 24.0 Å². The van der Waals surface area contributed by atoms with Gasteiger partial charge in [0.25, 0.3) is 0 Å². The second-order valence-corrected chi connectivity index (χ2v) is 6.71. The molecule has 2 heterocycles. The van der Waals surface area contributed by atoms with Crippen molar-refractivity contribution in [1.29, 1.82) is 0 Å². The van der Waals surface area contributed by atoms with Crippen LogP contribution < -0.4 is 5.32 Å². The third-order valence-corrected chi connectivity index (χ3v) is 4.33. The average molecular weight is 436 g/mol. The van der Waals surface area contributed by atoms with Gasteiger partial charge in [-0.1, -0.05) is 12.2 Å². The number of likely N-dealkylation sites (N-methyl/N-ethyl adjacent to an activating group) is 1. The van der Waals surface area contributed by atoms with Gasteiger partial charge in [-0.2, -0.15) is 0 Å². The van der Waals surface area contributed by atoms with Crippen molar-refractivity contribution in [1.82, 2.24) is 15.1 Å². The normalized spacial score (nSPS) is 23.8. The molecular weight excluding hydrogens is 407 g/mol. The number of rotatable bonds is 4. The summed E-state index contributed by atoms with van der Waals surface area (Å²) in [4.78, 5) is 20.1. The molecule has 2 fully saturated rings. The van der Waals surface area contributed by atoms with E-state index in [0.29, 0.717) is 6.54 Å². The third-order valence-electron chi connectivity index (χ3n) is 4.33. The summed E-state index contributed by atoms with van der Waals surface area (Å²) in [5.74, 6) is 0.815. The van der Waals surface area contributed by atoms with Gasteiger partial charge in [0.05, 0.1) is 6.61 Å². The molecule has 1 unspecified atom stereocenters. The van der Waals surface area contributed by atoms with Gasteiger partial charge in [-0.05, 0) is 19.8 Å². The van der Waals surface area contributed by atoms with Crippen LogP contribution in [-0.4, -0.2) is 75.2 Å². The molecule has 0 radical (unpaired) electrons. The highest BCUT2D eigenvalue weighted by Crippen LogP contribution is 2.38. The molecule has 132 valence electrons. The fourth-order valence-corrected chi connectivity index (χ4v) is 2.87. The molecule has 0 aromatic rings. The van der Waals surface area contributed by atoms with Crippen LogP contribution in [0.2, 0.25) is 0 Å². The van der Waals surface area contributed by atoms with Crippen molar-refractivity contribution < 1.29 is 9.53 Å². The highest BCUT2D eigenvalue weighted by molar-refractivity contribution is 14.0. The van der Waals surface area contributed by atoms with Gasteiger partial charge in [0.15, 0.2) is 5.96 Å². The molecule has 7 heteroatoms. The molecule has 0 aromatic heterocycles. The molecule has 23 heavy (non-hydrogen) atoms. The molecule has 1 atom stereocenters. The Balaban J connectivity index is 0.00000264. The second kappa shape index (κ2) is 8.86. The number of likely N-dealkylation sites (tertiary alicyclic amines) is 1. The van der Waals surface area contributed by atoms with E-state index in [1.54, 1.807) is 19.0 Å². The molecule has 6 nitrogen and oxygen atoms in total. The highest BCUT2D eigenvalue weighted by Gasteiger charge is 2.42. The van der Waals surface area contributed by atoms with E-state index in [9.17, 15) is 4.79 Å². The lowest BCUT2D eigenvalue weighted by molar-refractivity contribution is -0.127. The van der Waals surface area contributed by atoms with Crippen molar-refractivity contribution in [2.24, 2.45) is 10.4 Å². The number of nitrogens with one attached hydrogen (secondary N) is 1. The Kier molecular flexibility index (Phi) is 7.79. The minimum absolute atomic E-state index is 0. The van der Waals surface area contributed by atoms with Gasteiger partial charge in [0.1, 0.15) is 6.54 Å². The van der Waals surface area contributed by atoms with Crippen molar-refractivity contribution >= 4 is 35.8 Å². The lowest BCUT2D eigenvalue weighted by Crippen LogP contribution is -2.42. The van der Waals surface area contributed by atoms with Crippen molar-refractivity contribution in [3.8, 4) is 0 Å². The van der Waals surface area contributed by atoms with E-state index in [4.69, 9.17) is 4.74 Å². The van der Waals surface area contributed by atoms with Crippen molar-refractivity contribution in [2.75, 3.05) is 53.5 Å². The predicted octanol–water partition coefficient (Wildman–Crippen LogP) is 1.33. The number of carbonyl (C=O) groups excluding carboxylic acids is 1.